The quantitative estimate of drug-likeness (QED) is 0.246. The number of rotatable bonds is 5. The van der Waals surface area contributed by atoms with Crippen molar-refractivity contribution in [2.24, 2.45) is 0 Å². The first kappa shape index (κ1) is 28.9. The number of nitriles is 1. The Morgan fingerprint density at radius 3 is 2.84 bits per heavy atom. The van der Waals surface area contributed by atoms with E-state index in [1.807, 2.05) is 6.07 Å². The van der Waals surface area contributed by atoms with Gasteiger partial charge in [0.1, 0.15) is 41.0 Å². The molecule has 45 heavy (non-hydrogen) atoms. The molecular weight excluding hydrogens is 625 g/mol. The van der Waals surface area contributed by atoms with E-state index in [9.17, 15) is 14.0 Å². The molecule has 8 rings (SSSR count). The van der Waals surface area contributed by atoms with Crippen molar-refractivity contribution in [3.8, 4) is 29.0 Å². The molecule has 1 saturated carbocycles. The number of hydrogen-bond acceptors (Lipinski definition) is 9. The molecule has 13 heteroatoms. The summed E-state index contributed by atoms with van der Waals surface area (Å²) in [7, 11) is 0. The molecule has 2 N–H and O–H groups in total. The minimum Gasteiger partial charge on any atom is -0.491 e. The number of nitrogen functional groups attached to an aromatic ring is 1. The number of anilines is 2. The number of hydrogen-bond donors (Lipinski definition) is 1. The van der Waals surface area contributed by atoms with E-state index in [1.165, 1.54) is 12.1 Å². The van der Waals surface area contributed by atoms with Crippen LogP contribution in [-0.4, -0.2) is 65.0 Å². The summed E-state index contributed by atoms with van der Waals surface area (Å²) in [6.07, 6.45) is 3.80. The Labute approximate surface area is 266 Å². The maximum absolute atomic E-state index is 17.1. The SMILES string of the molecule is CC1CCOc2c(Cl)c(-c3ccc(F)c4sc(N)c(C#N)c34)c(F)c3nc(OC[C@@]45CCCN4C[C@H](F)C5)nc(c23)N1C1CC1. The van der Waals surface area contributed by atoms with E-state index >= 15 is 4.39 Å². The Hall–Kier alpha value is -3.53. The van der Waals surface area contributed by atoms with Crippen molar-refractivity contribution < 1.29 is 22.6 Å². The predicted octanol–water partition coefficient (Wildman–Crippen LogP) is 6.99. The van der Waals surface area contributed by atoms with Crippen LogP contribution in [0.25, 0.3) is 32.1 Å². The van der Waals surface area contributed by atoms with Gasteiger partial charge in [0.2, 0.25) is 0 Å². The molecule has 3 atom stereocenters. The number of thiophene rings is 1. The van der Waals surface area contributed by atoms with Crippen molar-refractivity contribution in [3.63, 3.8) is 0 Å². The minimum absolute atomic E-state index is 0.0145. The lowest BCUT2D eigenvalue weighted by molar-refractivity contribution is 0.107. The van der Waals surface area contributed by atoms with Crippen molar-refractivity contribution in [1.82, 2.24) is 14.9 Å². The normalized spacial score (nSPS) is 24.8. The maximum Gasteiger partial charge on any atom is 0.319 e. The van der Waals surface area contributed by atoms with E-state index in [2.05, 4.69) is 21.7 Å². The molecule has 1 aliphatic carbocycles. The zero-order chi connectivity index (χ0) is 31.2. The summed E-state index contributed by atoms with van der Waals surface area (Å²) in [5.74, 6) is -0.652. The fourth-order valence-electron chi connectivity index (χ4n) is 7.58. The van der Waals surface area contributed by atoms with Gasteiger partial charge in [-0.05, 0) is 50.8 Å². The van der Waals surface area contributed by atoms with Crippen LogP contribution >= 0.6 is 22.9 Å². The highest BCUT2D eigenvalue weighted by Crippen LogP contribution is 2.52. The number of fused-ring (bicyclic) bond motifs is 2. The van der Waals surface area contributed by atoms with Gasteiger partial charge >= 0.3 is 6.01 Å². The van der Waals surface area contributed by atoms with Crippen molar-refractivity contribution in [3.05, 3.63) is 34.4 Å². The van der Waals surface area contributed by atoms with Crippen molar-refractivity contribution >= 4 is 54.7 Å². The zero-order valence-electron chi connectivity index (χ0n) is 24.5. The monoisotopic (exact) mass is 654 g/mol. The molecule has 2 aromatic heterocycles. The molecule has 0 spiro atoms. The maximum atomic E-state index is 17.1. The lowest BCUT2D eigenvalue weighted by Crippen LogP contribution is -2.43. The second kappa shape index (κ2) is 10.5. The smallest absolute Gasteiger partial charge is 0.319 e. The number of aromatic nitrogens is 2. The van der Waals surface area contributed by atoms with Gasteiger partial charge in [-0.25, -0.2) is 13.2 Å². The Balaban J connectivity index is 1.36. The molecule has 234 valence electrons. The second-order valence-corrected chi connectivity index (χ2v) is 14.1. The molecule has 3 aliphatic heterocycles. The van der Waals surface area contributed by atoms with E-state index in [0.29, 0.717) is 37.2 Å². The third-order valence-electron chi connectivity index (χ3n) is 9.81. The van der Waals surface area contributed by atoms with E-state index in [-0.39, 0.29) is 72.8 Å². The molecule has 2 aromatic carbocycles. The first-order chi connectivity index (χ1) is 21.7. The summed E-state index contributed by atoms with van der Waals surface area (Å²) in [6, 6.07) is 4.89. The van der Waals surface area contributed by atoms with E-state index in [4.69, 9.17) is 31.8 Å². The Bertz CT molecular complexity index is 1930. The van der Waals surface area contributed by atoms with E-state index < -0.39 is 23.3 Å². The third-order valence-corrected chi connectivity index (χ3v) is 11.2. The van der Waals surface area contributed by atoms with Crippen LogP contribution < -0.4 is 20.1 Å². The number of nitrogens with zero attached hydrogens (tertiary/aromatic N) is 5. The summed E-state index contributed by atoms with van der Waals surface area (Å²) >= 11 is 7.95. The van der Waals surface area contributed by atoms with Crippen molar-refractivity contribution in [2.45, 2.75) is 69.2 Å². The number of halogens is 4. The van der Waals surface area contributed by atoms with Crippen LogP contribution in [0.4, 0.5) is 24.0 Å². The van der Waals surface area contributed by atoms with Gasteiger partial charge in [0, 0.05) is 42.4 Å². The van der Waals surface area contributed by atoms with Crippen LogP contribution in [0.5, 0.6) is 11.8 Å². The van der Waals surface area contributed by atoms with Gasteiger partial charge in [-0.15, -0.1) is 11.3 Å². The van der Waals surface area contributed by atoms with E-state index in [1.54, 1.807) is 0 Å². The lowest BCUT2D eigenvalue weighted by atomic mass is 9.95. The molecule has 2 saturated heterocycles. The number of nitrogens with two attached hydrogens (primary N) is 1. The van der Waals surface area contributed by atoms with Gasteiger partial charge < -0.3 is 20.1 Å². The molecule has 0 amide bonds. The molecule has 4 aliphatic rings. The number of benzene rings is 2. The second-order valence-electron chi connectivity index (χ2n) is 12.6. The Morgan fingerprint density at radius 2 is 2.07 bits per heavy atom. The van der Waals surface area contributed by atoms with Crippen molar-refractivity contribution in [2.75, 3.05) is 36.9 Å². The van der Waals surface area contributed by atoms with Gasteiger partial charge in [0.15, 0.2) is 11.6 Å². The van der Waals surface area contributed by atoms with Crippen LogP contribution in [0.1, 0.15) is 51.0 Å². The average molecular weight is 655 g/mol. The van der Waals surface area contributed by atoms with Gasteiger partial charge in [-0.3, -0.25) is 4.90 Å². The van der Waals surface area contributed by atoms with Crippen LogP contribution in [0.15, 0.2) is 12.1 Å². The van der Waals surface area contributed by atoms with Gasteiger partial charge in [-0.2, -0.15) is 15.2 Å². The lowest BCUT2D eigenvalue weighted by Gasteiger charge is -2.34. The van der Waals surface area contributed by atoms with Gasteiger partial charge in [0.25, 0.3) is 0 Å². The molecule has 4 aromatic rings. The topological polar surface area (TPSA) is 101 Å². The molecule has 8 nitrogen and oxygen atoms in total. The Morgan fingerprint density at radius 1 is 1.24 bits per heavy atom. The fraction of sp³-hybridized carbons (Fsp3) is 0.469. The highest BCUT2D eigenvalue weighted by molar-refractivity contribution is 7.23. The van der Waals surface area contributed by atoms with Crippen LogP contribution in [-0.2, 0) is 0 Å². The Kier molecular flexibility index (Phi) is 6.75. The fourth-order valence-corrected chi connectivity index (χ4v) is 8.86. The number of alkyl halides is 1. The molecule has 0 bridgehead atoms. The van der Waals surface area contributed by atoms with Gasteiger partial charge in [-0.1, -0.05) is 17.7 Å². The van der Waals surface area contributed by atoms with E-state index in [0.717, 1.165) is 43.6 Å². The molecule has 1 unspecified atom stereocenters. The summed E-state index contributed by atoms with van der Waals surface area (Å²) < 4.78 is 59.2. The summed E-state index contributed by atoms with van der Waals surface area (Å²) in [5.41, 5.74) is 5.77. The van der Waals surface area contributed by atoms with Gasteiger partial charge in [0.05, 0.1) is 32.8 Å². The first-order valence-corrected chi connectivity index (χ1v) is 16.5. The molecule has 3 fully saturated rings. The summed E-state index contributed by atoms with van der Waals surface area (Å²) in [5, 5.41) is 10.5. The van der Waals surface area contributed by atoms with Crippen molar-refractivity contribution in [1.29, 1.82) is 5.26 Å². The minimum atomic E-state index is -0.926. The highest BCUT2D eigenvalue weighted by atomic mass is 35.5. The largest absolute Gasteiger partial charge is 0.491 e. The third kappa shape index (κ3) is 4.42. The number of ether oxygens (including phenoxy) is 2. The highest BCUT2D eigenvalue weighted by Gasteiger charge is 2.49. The first-order valence-electron chi connectivity index (χ1n) is 15.3. The predicted molar refractivity (Wildman–Crippen MR) is 168 cm³/mol. The average Bonchev–Trinajstić information content (AvgIpc) is 3.55. The van der Waals surface area contributed by atoms with Crippen LogP contribution in [0, 0.1) is 23.0 Å². The molecule has 0 radical (unpaired) electrons. The standard InChI is InChI=1S/C32H30ClF3N6O2S/c1-15-7-10-43-27-23-26(25(36)22(24(27)33)18-5-6-20(35)28-21(18)19(12-37)29(38)45-28)39-31(40-30(23)42(15)17-3-4-17)44-14-32-8-2-9-41(32)13-16(34)11-32/h5-6,15-17H,2-4,7-11,13-14,38H2,1H3/t15?,16-,32+/m1/s1. The summed E-state index contributed by atoms with van der Waals surface area (Å²) in [6.45, 7) is 3.77. The summed E-state index contributed by atoms with van der Waals surface area (Å²) in [4.78, 5) is 13.8. The van der Waals surface area contributed by atoms with Crippen LogP contribution in [0.3, 0.4) is 0 Å². The molecular formula is C32H30ClF3N6O2S. The van der Waals surface area contributed by atoms with Crippen LogP contribution in [0.2, 0.25) is 5.02 Å². The zero-order valence-corrected chi connectivity index (χ0v) is 26.1. The molecule has 5 heterocycles.